The molecule has 1 heterocycles. The first kappa shape index (κ1) is 27.6. The summed E-state index contributed by atoms with van der Waals surface area (Å²) in [7, 11) is 0. The number of rotatable bonds is 5. The van der Waals surface area contributed by atoms with Gasteiger partial charge in [-0.2, -0.15) is 0 Å². The van der Waals surface area contributed by atoms with Crippen LogP contribution in [0, 0.1) is 17.3 Å². The van der Waals surface area contributed by atoms with Crippen molar-refractivity contribution in [3.63, 3.8) is 0 Å². The lowest BCUT2D eigenvalue weighted by molar-refractivity contribution is -0.130. The number of ketones is 1. The van der Waals surface area contributed by atoms with E-state index in [1.165, 1.54) is 12.5 Å². The maximum atomic E-state index is 11.7. The summed E-state index contributed by atoms with van der Waals surface area (Å²) in [5.41, 5.74) is 9.08. The van der Waals surface area contributed by atoms with E-state index in [0.29, 0.717) is 37.2 Å². The molecule has 1 atom stereocenters. The highest BCUT2D eigenvalue weighted by molar-refractivity contribution is 6.04. The first-order chi connectivity index (χ1) is 13.1. The van der Waals surface area contributed by atoms with E-state index in [1.807, 2.05) is 34.6 Å². The average Bonchev–Trinajstić information content (AvgIpc) is 2.65. The van der Waals surface area contributed by atoms with Crippen LogP contribution in [0.4, 0.5) is 0 Å². The van der Waals surface area contributed by atoms with Crippen molar-refractivity contribution in [3.05, 3.63) is 36.1 Å². The van der Waals surface area contributed by atoms with E-state index < -0.39 is 0 Å². The lowest BCUT2D eigenvalue weighted by Crippen LogP contribution is -2.46. The van der Waals surface area contributed by atoms with Crippen molar-refractivity contribution in [1.82, 2.24) is 4.90 Å². The maximum Gasteiger partial charge on any atom is 0.228 e. The molecule has 1 rings (SSSR count). The molecule has 0 fully saturated rings. The predicted molar refractivity (Wildman–Crippen MR) is 119 cm³/mol. The van der Waals surface area contributed by atoms with Gasteiger partial charge in [0, 0.05) is 49.7 Å². The topological polar surface area (TPSA) is 87.2 Å². The molecule has 156 valence electrons. The van der Waals surface area contributed by atoms with Crippen LogP contribution in [0.2, 0.25) is 0 Å². The number of hydrogen-bond donors (Lipinski definition) is 2. The van der Waals surface area contributed by atoms with E-state index in [9.17, 15) is 9.59 Å². The molecule has 28 heavy (non-hydrogen) atoms. The summed E-state index contributed by atoms with van der Waals surface area (Å²) in [5.74, 6) is 4.85. The second-order valence-corrected chi connectivity index (χ2v) is 6.38. The van der Waals surface area contributed by atoms with Crippen molar-refractivity contribution in [2.45, 2.75) is 73.3 Å². The molecular formula is C23H37N3O2. The normalized spacial score (nSPS) is 14.9. The van der Waals surface area contributed by atoms with Crippen LogP contribution >= 0.6 is 0 Å². The van der Waals surface area contributed by atoms with Crippen molar-refractivity contribution in [1.29, 1.82) is 5.41 Å². The van der Waals surface area contributed by atoms with Gasteiger partial charge < -0.3 is 16.0 Å². The molecule has 3 N–H and O–H groups in total. The van der Waals surface area contributed by atoms with Crippen molar-refractivity contribution < 1.29 is 9.59 Å². The molecule has 5 nitrogen and oxygen atoms in total. The number of hydrogen-bond acceptors (Lipinski definition) is 4. The Labute approximate surface area is 171 Å². The molecule has 1 aliphatic heterocycles. The highest BCUT2D eigenvalue weighted by atomic mass is 16.2. The highest BCUT2D eigenvalue weighted by Gasteiger charge is 2.30. The molecule has 1 amide bonds. The maximum absolute atomic E-state index is 11.7. The van der Waals surface area contributed by atoms with E-state index in [1.54, 1.807) is 4.90 Å². The quantitative estimate of drug-likeness (QED) is 0.241. The number of allylic oxidation sites excluding steroid dienone is 2. The summed E-state index contributed by atoms with van der Waals surface area (Å²) in [4.78, 5) is 24.5. The summed E-state index contributed by atoms with van der Waals surface area (Å²) in [5, 5.41) is 8.26. The van der Waals surface area contributed by atoms with E-state index in [-0.39, 0.29) is 17.7 Å². The number of carbonyl (C=O) groups is 2. The van der Waals surface area contributed by atoms with Crippen molar-refractivity contribution in [2.75, 3.05) is 6.54 Å². The standard InChI is InChI=1S/C17H23N3O2.C4H8.C2H6/c1-4-13(22)8-6-7-9-14(18)17-15(19)10-11-20(12(3)21)16(17)5-2;1-4(2)3;1-2/h4,16,18H,1,5,7,9-11,19H2,2-3H3;1H2,2-3H3;1-2H3. The van der Waals surface area contributed by atoms with Gasteiger partial charge in [-0.25, -0.2) is 0 Å². The van der Waals surface area contributed by atoms with Crippen LogP contribution in [0.1, 0.15) is 67.2 Å². The third-order valence-corrected chi connectivity index (χ3v) is 3.69. The molecular weight excluding hydrogens is 350 g/mol. The summed E-state index contributed by atoms with van der Waals surface area (Å²) in [6, 6.07) is -0.137. The summed E-state index contributed by atoms with van der Waals surface area (Å²) >= 11 is 0. The van der Waals surface area contributed by atoms with Gasteiger partial charge in [-0.1, -0.05) is 38.8 Å². The van der Waals surface area contributed by atoms with Crippen molar-refractivity contribution in [2.24, 2.45) is 5.73 Å². The van der Waals surface area contributed by atoms with E-state index in [4.69, 9.17) is 11.1 Å². The fourth-order valence-electron chi connectivity index (χ4n) is 2.62. The fourth-order valence-corrected chi connectivity index (χ4v) is 2.62. The van der Waals surface area contributed by atoms with Gasteiger partial charge in [-0.15, -0.1) is 6.58 Å². The molecule has 0 bridgehead atoms. The highest BCUT2D eigenvalue weighted by Crippen LogP contribution is 2.26. The second kappa shape index (κ2) is 15.4. The lowest BCUT2D eigenvalue weighted by atomic mass is 9.89. The summed E-state index contributed by atoms with van der Waals surface area (Å²) in [6.07, 6.45) is 3.30. The van der Waals surface area contributed by atoms with Crippen LogP contribution in [0.3, 0.4) is 0 Å². The SMILES string of the molecule is C=C(C)C.C=CC(=O)C#CCCC(=N)C1=C(N)CCN(C(C)=O)C1CC.CC. The average molecular weight is 388 g/mol. The number of nitrogens with two attached hydrogens (primary N) is 1. The molecule has 0 radical (unpaired) electrons. The van der Waals surface area contributed by atoms with Gasteiger partial charge in [0.2, 0.25) is 11.7 Å². The number of carbonyl (C=O) groups excluding carboxylic acids is 2. The van der Waals surface area contributed by atoms with Gasteiger partial charge in [0.15, 0.2) is 0 Å². The molecule has 0 aromatic carbocycles. The van der Waals surface area contributed by atoms with Crippen molar-refractivity contribution >= 4 is 17.4 Å². The molecule has 0 spiro atoms. The van der Waals surface area contributed by atoms with Crippen LogP contribution in [-0.2, 0) is 9.59 Å². The molecule has 0 saturated carbocycles. The second-order valence-electron chi connectivity index (χ2n) is 6.38. The Morgan fingerprint density at radius 2 is 1.86 bits per heavy atom. The van der Waals surface area contributed by atoms with Gasteiger partial charge >= 0.3 is 0 Å². The zero-order valence-electron chi connectivity index (χ0n) is 18.4. The van der Waals surface area contributed by atoms with Crippen LogP contribution in [0.5, 0.6) is 0 Å². The predicted octanol–water partition coefficient (Wildman–Crippen LogP) is 4.40. The summed E-state index contributed by atoms with van der Waals surface area (Å²) in [6.45, 7) is 19.0. The summed E-state index contributed by atoms with van der Waals surface area (Å²) < 4.78 is 0. The zero-order valence-corrected chi connectivity index (χ0v) is 18.4. The molecule has 0 aliphatic carbocycles. The van der Waals surface area contributed by atoms with Gasteiger partial charge in [-0.05, 0) is 32.3 Å². The Morgan fingerprint density at radius 1 is 1.32 bits per heavy atom. The largest absolute Gasteiger partial charge is 0.402 e. The number of amides is 1. The molecule has 0 saturated heterocycles. The first-order valence-electron chi connectivity index (χ1n) is 9.76. The van der Waals surface area contributed by atoms with E-state index >= 15 is 0 Å². The Kier molecular flexibility index (Phi) is 15.2. The van der Waals surface area contributed by atoms with Crippen LogP contribution in [-0.4, -0.2) is 34.9 Å². The molecule has 0 aromatic rings. The monoisotopic (exact) mass is 387 g/mol. The molecule has 1 unspecified atom stereocenters. The van der Waals surface area contributed by atoms with Gasteiger partial charge in [0.05, 0.1) is 6.04 Å². The Morgan fingerprint density at radius 3 is 2.29 bits per heavy atom. The minimum absolute atomic E-state index is 0.000946. The smallest absolute Gasteiger partial charge is 0.228 e. The minimum Gasteiger partial charge on any atom is -0.402 e. The van der Waals surface area contributed by atoms with E-state index in [2.05, 4.69) is 25.0 Å². The van der Waals surface area contributed by atoms with Crippen molar-refractivity contribution in [3.8, 4) is 11.8 Å². The Balaban J connectivity index is 0. The Bertz CT molecular complexity index is 659. The van der Waals surface area contributed by atoms with Gasteiger partial charge in [0.1, 0.15) is 0 Å². The first-order valence-corrected chi connectivity index (χ1v) is 9.76. The Hall–Kier alpha value is -2.61. The molecule has 1 aliphatic rings. The molecule has 5 heteroatoms. The third kappa shape index (κ3) is 10.5. The van der Waals surface area contributed by atoms with Gasteiger partial charge in [-0.3, -0.25) is 9.59 Å². The van der Waals surface area contributed by atoms with Crippen LogP contribution in [0.25, 0.3) is 0 Å². The minimum atomic E-state index is -0.322. The zero-order chi connectivity index (χ0) is 22.3. The van der Waals surface area contributed by atoms with Crippen LogP contribution < -0.4 is 5.73 Å². The van der Waals surface area contributed by atoms with Gasteiger partial charge in [0.25, 0.3) is 0 Å². The fraction of sp³-hybridized carbons (Fsp3) is 0.522. The number of nitrogens with zero attached hydrogens (tertiary/aromatic N) is 1. The third-order valence-electron chi connectivity index (χ3n) is 3.69. The molecule has 0 aromatic heterocycles. The van der Waals surface area contributed by atoms with Crippen LogP contribution in [0.15, 0.2) is 36.1 Å². The van der Waals surface area contributed by atoms with E-state index in [0.717, 1.165) is 18.1 Å². The lowest BCUT2D eigenvalue weighted by Gasteiger charge is -2.37. The number of nitrogens with one attached hydrogen (secondary N) is 1.